The van der Waals surface area contributed by atoms with Crippen LogP contribution in [0.25, 0.3) is 0 Å². The second-order valence-corrected chi connectivity index (χ2v) is 6.31. The molecule has 2 aliphatic rings. The van der Waals surface area contributed by atoms with Crippen molar-refractivity contribution < 1.29 is 24.1 Å². The summed E-state index contributed by atoms with van der Waals surface area (Å²) in [6, 6.07) is 9.82. The van der Waals surface area contributed by atoms with Crippen LogP contribution in [0.4, 0.5) is 0 Å². The molecule has 5 heteroatoms. The summed E-state index contributed by atoms with van der Waals surface area (Å²) in [6.07, 6.45) is 2.73. The van der Waals surface area contributed by atoms with Crippen LogP contribution in [-0.2, 0) is 25.6 Å². The molecule has 0 aliphatic carbocycles. The fourth-order valence-electron chi connectivity index (χ4n) is 3.01. The van der Waals surface area contributed by atoms with Crippen molar-refractivity contribution in [2.75, 3.05) is 0 Å². The number of hydrogen-bond acceptors (Lipinski definition) is 5. The number of benzene rings is 1. The van der Waals surface area contributed by atoms with E-state index in [4.69, 9.17) is 25.4 Å². The molecule has 1 N–H and O–H groups in total. The summed E-state index contributed by atoms with van der Waals surface area (Å²) in [7, 11) is 0. The average Bonchev–Trinajstić information content (AvgIpc) is 2.98. The van der Waals surface area contributed by atoms with Gasteiger partial charge in [0.05, 0.1) is 12.7 Å². The molecule has 2 saturated heterocycles. The molecule has 0 spiro atoms. The molecule has 2 aliphatic heterocycles. The first-order chi connectivity index (χ1) is 11.0. The zero-order valence-corrected chi connectivity index (χ0v) is 13.3. The van der Waals surface area contributed by atoms with E-state index in [0.717, 1.165) is 5.56 Å². The second-order valence-electron chi connectivity index (χ2n) is 6.31. The van der Waals surface area contributed by atoms with Gasteiger partial charge < -0.3 is 24.1 Å². The van der Waals surface area contributed by atoms with Crippen molar-refractivity contribution in [2.24, 2.45) is 0 Å². The highest BCUT2D eigenvalue weighted by atomic mass is 16.8. The standard InChI is InChI=1S/C18H22O5/c1-4-8-13(19)14-15(20-11-12-9-6-5-7-10-12)16-17(21-14)23-18(2,3)22-16/h1,5-7,9-10,13-17,19H,8,11H2,2-3H3/t13-,14-,15+,16-,17-/m1/s1. The lowest BCUT2D eigenvalue weighted by molar-refractivity contribution is -0.230. The van der Waals surface area contributed by atoms with Gasteiger partial charge in [-0.05, 0) is 19.4 Å². The Kier molecular flexibility index (Phi) is 4.72. The number of fused-ring (bicyclic) bond motifs is 1. The molecule has 0 aromatic heterocycles. The highest BCUT2D eigenvalue weighted by Gasteiger charge is 2.56. The minimum Gasteiger partial charge on any atom is -0.389 e. The summed E-state index contributed by atoms with van der Waals surface area (Å²) in [5.41, 5.74) is 1.04. The minimum absolute atomic E-state index is 0.193. The SMILES string of the molecule is C#CC[C@@H](O)[C@H]1O[C@@H]2OC(C)(C)O[C@@H]2[C@H]1OCc1ccccc1. The predicted molar refractivity (Wildman–Crippen MR) is 83.2 cm³/mol. The van der Waals surface area contributed by atoms with Gasteiger partial charge in [0.2, 0.25) is 0 Å². The molecule has 0 bridgehead atoms. The number of terminal acetylenes is 1. The van der Waals surface area contributed by atoms with Gasteiger partial charge in [-0.25, -0.2) is 0 Å². The van der Waals surface area contributed by atoms with E-state index in [-0.39, 0.29) is 12.5 Å². The molecule has 0 unspecified atom stereocenters. The second kappa shape index (κ2) is 6.60. The largest absolute Gasteiger partial charge is 0.389 e. The van der Waals surface area contributed by atoms with E-state index in [1.807, 2.05) is 44.2 Å². The molecule has 23 heavy (non-hydrogen) atoms. The summed E-state index contributed by atoms with van der Waals surface area (Å²) < 4.78 is 23.5. The van der Waals surface area contributed by atoms with Crippen LogP contribution < -0.4 is 0 Å². The van der Waals surface area contributed by atoms with Crippen molar-refractivity contribution in [2.45, 2.75) is 63.4 Å². The van der Waals surface area contributed by atoms with Crippen LogP contribution in [0.5, 0.6) is 0 Å². The molecule has 1 aromatic rings. The zero-order chi connectivity index (χ0) is 16.4. The van der Waals surface area contributed by atoms with E-state index < -0.39 is 30.4 Å². The number of hydrogen-bond donors (Lipinski definition) is 1. The summed E-state index contributed by atoms with van der Waals surface area (Å²) in [5.74, 6) is 1.72. The van der Waals surface area contributed by atoms with Crippen molar-refractivity contribution in [3.63, 3.8) is 0 Å². The first kappa shape index (κ1) is 16.4. The summed E-state index contributed by atoms with van der Waals surface area (Å²) in [4.78, 5) is 0. The fourth-order valence-corrected chi connectivity index (χ4v) is 3.01. The molecule has 3 rings (SSSR count). The predicted octanol–water partition coefficient (Wildman–Crippen LogP) is 1.83. The third-order valence-corrected chi connectivity index (χ3v) is 4.02. The van der Waals surface area contributed by atoms with E-state index in [9.17, 15) is 5.11 Å². The van der Waals surface area contributed by atoms with Crippen LogP contribution in [0.3, 0.4) is 0 Å². The van der Waals surface area contributed by atoms with Crippen LogP contribution in [0, 0.1) is 12.3 Å². The van der Waals surface area contributed by atoms with Gasteiger partial charge in [0.15, 0.2) is 12.1 Å². The lowest BCUT2D eigenvalue weighted by atomic mass is 10.0. The van der Waals surface area contributed by atoms with E-state index in [1.165, 1.54) is 0 Å². The van der Waals surface area contributed by atoms with E-state index in [1.54, 1.807) is 0 Å². The first-order valence-electron chi connectivity index (χ1n) is 7.78. The van der Waals surface area contributed by atoms with Crippen molar-refractivity contribution >= 4 is 0 Å². The van der Waals surface area contributed by atoms with Crippen LogP contribution in [0.1, 0.15) is 25.8 Å². The Morgan fingerprint density at radius 2 is 2.04 bits per heavy atom. The Morgan fingerprint density at radius 1 is 1.30 bits per heavy atom. The Hall–Kier alpha value is -1.42. The topological polar surface area (TPSA) is 57.2 Å². The Labute approximate surface area is 136 Å². The van der Waals surface area contributed by atoms with Crippen LogP contribution >= 0.6 is 0 Å². The number of rotatable bonds is 5. The third kappa shape index (κ3) is 3.57. The monoisotopic (exact) mass is 318 g/mol. The van der Waals surface area contributed by atoms with Crippen LogP contribution in [0.15, 0.2) is 30.3 Å². The van der Waals surface area contributed by atoms with E-state index >= 15 is 0 Å². The van der Waals surface area contributed by atoms with E-state index in [0.29, 0.717) is 6.61 Å². The summed E-state index contributed by atoms with van der Waals surface area (Å²) >= 11 is 0. The van der Waals surface area contributed by atoms with Crippen LogP contribution in [0.2, 0.25) is 0 Å². The molecular formula is C18H22O5. The van der Waals surface area contributed by atoms with Crippen molar-refractivity contribution in [3.05, 3.63) is 35.9 Å². The number of aliphatic hydroxyl groups excluding tert-OH is 1. The molecule has 5 atom stereocenters. The molecule has 124 valence electrons. The van der Waals surface area contributed by atoms with Gasteiger partial charge in [-0.3, -0.25) is 0 Å². The number of ether oxygens (including phenoxy) is 4. The fraction of sp³-hybridized carbons (Fsp3) is 0.556. The first-order valence-corrected chi connectivity index (χ1v) is 7.78. The Balaban J connectivity index is 1.72. The molecular weight excluding hydrogens is 296 g/mol. The minimum atomic E-state index is -0.818. The summed E-state index contributed by atoms with van der Waals surface area (Å²) in [5, 5.41) is 10.2. The lowest BCUT2D eigenvalue weighted by Crippen LogP contribution is -2.42. The normalized spacial score (nSPS) is 33.1. The highest BCUT2D eigenvalue weighted by molar-refractivity contribution is 5.13. The number of aliphatic hydroxyl groups is 1. The van der Waals surface area contributed by atoms with Crippen molar-refractivity contribution in [1.29, 1.82) is 0 Å². The van der Waals surface area contributed by atoms with Crippen LogP contribution in [-0.4, -0.2) is 41.6 Å². The maximum Gasteiger partial charge on any atom is 0.190 e. The molecule has 2 heterocycles. The van der Waals surface area contributed by atoms with Gasteiger partial charge in [0, 0.05) is 6.42 Å². The summed E-state index contributed by atoms with van der Waals surface area (Å²) in [6.45, 7) is 4.06. The molecule has 5 nitrogen and oxygen atoms in total. The van der Waals surface area contributed by atoms with Gasteiger partial charge in [0.25, 0.3) is 0 Å². The zero-order valence-electron chi connectivity index (χ0n) is 13.3. The molecule has 0 radical (unpaired) electrons. The third-order valence-electron chi connectivity index (χ3n) is 4.02. The van der Waals surface area contributed by atoms with Gasteiger partial charge >= 0.3 is 0 Å². The molecule has 0 amide bonds. The molecule has 1 aromatic carbocycles. The van der Waals surface area contributed by atoms with E-state index in [2.05, 4.69) is 5.92 Å². The van der Waals surface area contributed by atoms with Gasteiger partial charge in [0.1, 0.15) is 18.3 Å². The maximum absolute atomic E-state index is 10.2. The van der Waals surface area contributed by atoms with Gasteiger partial charge in [-0.2, -0.15) is 0 Å². The molecule has 0 saturated carbocycles. The average molecular weight is 318 g/mol. The Morgan fingerprint density at radius 3 is 2.74 bits per heavy atom. The molecule has 2 fully saturated rings. The van der Waals surface area contributed by atoms with Crippen molar-refractivity contribution in [1.82, 2.24) is 0 Å². The quantitative estimate of drug-likeness (QED) is 0.840. The van der Waals surface area contributed by atoms with Gasteiger partial charge in [-0.15, -0.1) is 12.3 Å². The Bertz CT molecular complexity index is 565. The highest BCUT2D eigenvalue weighted by Crippen LogP contribution is 2.40. The van der Waals surface area contributed by atoms with Gasteiger partial charge in [-0.1, -0.05) is 30.3 Å². The smallest absolute Gasteiger partial charge is 0.190 e. The maximum atomic E-state index is 10.2. The van der Waals surface area contributed by atoms with Crippen molar-refractivity contribution in [3.8, 4) is 12.3 Å². The lowest BCUT2D eigenvalue weighted by Gasteiger charge is -2.28.